The second-order valence-electron chi connectivity index (χ2n) is 4.00. The number of aliphatic hydroxyl groups is 1. The summed E-state index contributed by atoms with van der Waals surface area (Å²) in [6.07, 6.45) is 1.70. The second kappa shape index (κ2) is 6.45. The molecule has 6 heteroatoms. The van der Waals surface area contributed by atoms with Crippen LogP contribution >= 0.6 is 27.7 Å². The molecule has 1 N–H and O–H groups in total. The van der Waals surface area contributed by atoms with Gasteiger partial charge >= 0.3 is 0 Å². The summed E-state index contributed by atoms with van der Waals surface area (Å²) in [4.78, 5) is 4.29. The van der Waals surface area contributed by atoms with Gasteiger partial charge in [0.25, 0.3) is 0 Å². The van der Waals surface area contributed by atoms with E-state index in [1.165, 1.54) is 0 Å². The highest BCUT2D eigenvalue weighted by atomic mass is 79.9. The van der Waals surface area contributed by atoms with Crippen molar-refractivity contribution >= 4 is 27.7 Å². The van der Waals surface area contributed by atoms with Crippen LogP contribution in [0.3, 0.4) is 0 Å². The maximum absolute atomic E-state index is 9.14. The van der Waals surface area contributed by atoms with Gasteiger partial charge < -0.3 is 14.4 Å². The van der Waals surface area contributed by atoms with E-state index in [-0.39, 0.29) is 6.61 Å². The third kappa shape index (κ3) is 3.32. The third-order valence-electron chi connectivity index (χ3n) is 2.81. The molecule has 0 aliphatic carbocycles. The van der Waals surface area contributed by atoms with E-state index < -0.39 is 0 Å². The fourth-order valence-corrected chi connectivity index (χ4v) is 3.17. The van der Waals surface area contributed by atoms with Crippen molar-refractivity contribution in [2.45, 2.75) is 17.5 Å². The molecule has 19 heavy (non-hydrogen) atoms. The first-order valence-corrected chi connectivity index (χ1v) is 7.50. The molecule has 0 spiro atoms. The van der Waals surface area contributed by atoms with E-state index in [1.807, 2.05) is 29.8 Å². The topological polar surface area (TPSA) is 47.3 Å². The van der Waals surface area contributed by atoms with Gasteiger partial charge in [0, 0.05) is 17.3 Å². The van der Waals surface area contributed by atoms with Crippen molar-refractivity contribution in [3.8, 4) is 5.75 Å². The Kier molecular flexibility index (Phi) is 4.90. The van der Waals surface area contributed by atoms with Gasteiger partial charge in [0.15, 0.2) is 5.16 Å². The number of hydrogen-bond acceptors (Lipinski definition) is 4. The Labute approximate surface area is 124 Å². The molecule has 1 aromatic heterocycles. The Morgan fingerprint density at radius 1 is 1.47 bits per heavy atom. The van der Waals surface area contributed by atoms with Gasteiger partial charge in [-0.3, -0.25) is 0 Å². The molecule has 2 rings (SSSR count). The second-order valence-corrected chi connectivity index (χ2v) is 5.79. The minimum atomic E-state index is 0.00686. The molecule has 102 valence electrons. The zero-order valence-corrected chi connectivity index (χ0v) is 13.2. The van der Waals surface area contributed by atoms with Gasteiger partial charge in [-0.25, -0.2) is 4.98 Å². The van der Waals surface area contributed by atoms with Gasteiger partial charge in [-0.1, -0.05) is 27.7 Å². The molecule has 0 saturated carbocycles. The van der Waals surface area contributed by atoms with Crippen molar-refractivity contribution in [3.63, 3.8) is 0 Å². The Bertz CT molecular complexity index is 572. The maximum Gasteiger partial charge on any atom is 0.168 e. The average Bonchev–Trinajstić information content (AvgIpc) is 2.78. The van der Waals surface area contributed by atoms with Crippen LogP contribution in [0.4, 0.5) is 0 Å². The number of benzene rings is 1. The molecular weight excluding hydrogens is 328 g/mol. The molecule has 1 heterocycles. The van der Waals surface area contributed by atoms with E-state index in [4.69, 9.17) is 9.84 Å². The highest BCUT2D eigenvalue weighted by Gasteiger charge is 2.08. The molecule has 0 aliphatic heterocycles. The number of halogens is 1. The van der Waals surface area contributed by atoms with Crippen LogP contribution in [0.5, 0.6) is 5.75 Å². The lowest BCUT2D eigenvalue weighted by Gasteiger charge is -2.07. The molecule has 0 amide bonds. The number of rotatable bonds is 5. The van der Waals surface area contributed by atoms with E-state index in [0.717, 1.165) is 32.4 Å². The number of thioether (sulfide) groups is 1. The number of aliphatic hydroxyl groups excluding tert-OH is 1. The summed E-state index contributed by atoms with van der Waals surface area (Å²) in [7, 11) is 3.56. The number of hydrogen-bond donors (Lipinski definition) is 1. The predicted molar refractivity (Wildman–Crippen MR) is 79.4 cm³/mol. The molecule has 0 aliphatic rings. The number of nitrogens with zero attached hydrogens (tertiary/aromatic N) is 2. The van der Waals surface area contributed by atoms with Crippen LogP contribution in [0.25, 0.3) is 0 Å². The molecule has 0 fully saturated rings. The largest absolute Gasteiger partial charge is 0.497 e. The van der Waals surface area contributed by atoms with Crippen molar-refractivity contribution in [2.75, 3.05) is 7.11 Å². The van der Waals surface area contributed by atoms with Gasteiger partial charge in [0.2, 0.25) is 0 Å². The van der Waals surface area contributed by atoms with Crippen LogP contribution < -0.4 is 4.74 Å². The van der Waals surface area contributed by atoms with Gasteiger partial charge in [0.1, 0.15) is 5.75 Å². The van der Waals surface area contributed by atoms with E-state index in [9.17, 15) is 0 Å². The summed E-state index contributed by atoms with van der Waals surface area (Å²) in [5.74, 6) is 1.63. The molecule has 0 bridgehead atoms. The number of methoxy groups -OCH3 is 1. The summed E-state index contributed by atoms with van der Waals surface area (Å²) in [5.41, 5.74) is 1.96. The van der Waals surface area contributed by atoms with E-state index >= 15 is 0 Å². The fraction of sp³-hybridized carbons (Fsp3) is 0.308. The smallest absolute Gasteiger partial charge is 0.168 e. The van der Waals surface area contributed by atoms with Crippen LogP contribution in [0.1, 0.15) is 11.3 Å². The van der Waals surface area contributed by atoms with Crippen molar-refractivity contribution in [3.05, 3.63) is 40.1 Å². The Morgan fingerprint density at radius 3 is 2.89 bits per heavy atom. The lowest BCUT2D eigenvalue weighted by atomic mass is 10.2. The van der Waals surface area contributed by atoms with Gasteiger partial charge in [-0.05, 0) is 23.8 Å². The van der Waals surface area contributed by atoms with Crippen LogP contribution in [0.15, 0.2) is 34.0 Å². The lowest BCUT2D eigenvalue weighted by Crippen LogP contribution is -1.97. The van der Waals surface area contributed by atoms with E-state index in [2.05, 4.69) is 20.9 Å². The molecule has 2 aromatic rings. The molecule has 0 unspecified atom stereocenters. The van der Waals surface area contributed by atoms with E-state index in [1.54, 1.807) is 25.1 Å². The summed E-state index contributed by atoms with van der Waals surface area (Å²) >= 11 is 5.16. The van der Waals surface area contributed by atoms with Crippen LogP contribution in [0.2, 0.25) is 0 Å². The molecule has 0 saturated heterocycles. The predicted octanol–water partition coefficient (Wildman–Crippen LogP) is 2.98. The lowest BCUT2D eigenvalue weighted by molar-refractivity contribution is 0.271. The molecule has 0 atom stereocenters. The van der Waals surface area contributed by atoms with E-state index in [0.29, 0.717) is 0 Å². The van der Waals surface area contributed by atoms with Crippen LogP contribution in [-0.4, -0.2) is 21.8 Å². The highest BCUT2D eigenvalue weighted by Crippen LogP contribution is 2.29. The first-order chi connectivity index (χ1) is 9.15. The van der Waals surface area contributed by atoms with Crippen molar-refractivity contribution in [2.24, 2.45) is 7.05 Å². The number of ether oxygens (including phenoxy) is 1. The monoisotopic (exact) mass is 342 g/mol. The standard InChI is InChI=1S/C13H15BrN2O2S/c1-16-10(7-17)6-15-13(16)19-8-9-5-11(18-2)3-4-12(9)14/h3-6,17H,7-8H2,1-2H3. The quantitative estimate of drug-likeness (QED) is 0.848. The summed E-state index contributed by atoms with van der Waals surface area (Å²) in [5, 5.41) is 10.0. The number of aromatic nitrogens is 2. The SMILES string of the molecule is COc1ccc(Br)c(CSc2ncc(CO)n2C)c1. The minimum absolute atomic E-state index is 0.00686. The first kappa shape index (κ1) is 14.4. The molecule has 1 aromatic carbocycles. The molecular formula is C13H15BrN2O2S. The summed E-state index contributed by atoms with van der Waals surface area (Å²) in [6, 6.07) is 5.90. The Hall–Kier alpha value is -0.980. The van der Waals surface area contributed by atoms with Crippen LogP contribution in [-0.2, 0) is 19.4 Å². The molecule has 0 radical (unpaired) electrons. The van der Waals surface area contributed by atoms with Crippen molar-refractivity contribution < 1.29 is 9.84 Å². The third-order valence-corrected chi connectivity index (χ3v) is 4.68. The van der Waals surface area contributed by atoms with Crippen LogP contribution in [0, 0.1) is 0 Å². The highest BCUT2D eigenvalue weighted by molar-refractivity contribution is 9.10. The Balaban J connectivity index is 2.11. The average molecular weight is 343 g/mol. The summed E-state index contributed by atoms with van der Waals surface area (Å²) in [6.45, 7) is 0.00686. The Morgan fingerprint density at radius 2 is 2.26 bits per heavy atom. The minimum Gasteiger partial charge on any atom is -0.497 e. The van der Waals surface area contributed by atoms with Crippen molar-refractivity contribution in [1.29, 1.82) is 0 Å². The number of imidazole rings is 1. The maximum atomic E-state index is 9.14. The van der Waals surface area contributed by atoms with Gasteiger partial charge in [-0.15, -0.1) is 0 Å². The molecule has 4 nitrogen and oxygen atoms in total. The fourth-order valence-electron chi connectivity index (χ4n) is 1.64. The zero-order chi connectivity index (χ0) is 13.8. The summed E-state index contributed by atoms with van der Waals surface area (Å²) < 4.78 is 8.18. The first-order valence-electron chi connectivity index (χ1n) is 5.72. The van der Waals surface area contributed by atoms with Crippen molar-refractivity contribution in [1.82, 2.24) is 9.55 Å². The normalized spacial score (nSPS) is 10.7. The van der Waals surface area contributed by atoms with Gasteiger partial charge in [0.05, 0.1) is 25.6 Å². The van der Waals surface area contributed by atoms with Gasteiger partial charge in [-0.2, -0.15) is 0 Å². The zero-order valence-electron chi connectivity index (χ0n) is 10.8.